The predicted molar refractivity (Wildman–Crippen MR) is 135 cm³/mol. The van der Waals surface area contributed by atoms with Crippen molar-refractivity contribution in [2.24, 2.45) is 5.92 Å². The fourth-order valence-corrected chi connectivity index (χ4v) is 5.15. The van der Waals surface area contributed by atoms with Gasteiger partial charge in [-0.2, -0.15) is 5.26 Å². The van der Waals surface area contributed by atoms with Crippen LogP contribution in [0.25, 0.3) is 0 Å². The fraction of sp³-hybridized carbons (Fsp3) is 0.429. The summed E-state index contributed by atoms with van der Waals surface area (Å²) in [6, 6.07) is 15.7. The van der Waals surface area contributed by atoms with Crippen LogP contribution in [0.1, 0.15) is 43.4 Å². The van der Waals surface area contributed by atoms with Crippen LogP contribution in [0.3, 0.4) is 0 Å². The van der Waals surface area contributed by atoms with E-state index in [2.05, 4.69) is 11.4 Å². The summed E-state index contributed by atoms with van der Waals surface area (Å²) in [7, 11) is 1.55. The second-order valence-electron chi connectivity index (χ2n) is 10.2. The molecule has 1 spiro atoms. The standard InChI is InChI=1S/C28H32N4O4/c1-18(2)12-24(31(4)27(35)36-16-20-8-6-5-7-9-20)25(33)32-17-28(14-21(32)15-29)22-13-19(3)10-11-23(22)30-26(28)34/h5-11,13,18,21,24H,12,14,16-17H2,1-4H3,(H,30,34)/t21-,24?,28-/m0/s1. The molecule has 0 radical (unpaired) electrons. The van der Waals surface area contributed by atoms with E-state index in [1.165, 1.54) is 9.80 Å². The van der Waals surface area contributed by atoms with Gasteiger partial charge in [-0.15, -0.1) is 0 Å². The van der Waals surface area contributed by atoms with E-state index in [4.69, 9.17) is 4.74 Å². The van der Waals surface area contributed by atoms with E-state index >= 15 is 0 Å². The molecule has 8 heteroatoms. The van der Waals surface area contributed by atoms with Crippen molar-refractivity contribution in [3.8, 4) is 6.07 Å². The molecule has 1 N–H and O–H groups in total. The lowest BCUT2D eigenvalue weighted by molar-refractivity contribution is -0.137. The Morgan fingerprint density at radius 1 is 1.25 bits per heavy atom. The summed E-state index contributed by atoms with van der Waals surface area (Å²) in [6.45, 7) is 6.08. The topological polar surface area (TPSA) is 103 Å². The van der Waals surface area contributed by atoms with Crippen molar-refractivity contribution in [2.45, 2.75) is 57.7 Å². The van der Waals surface area contributed by atoms with Gasteiger partial charge >= 0.3 is 6.09 Å². The first-order valence-corrected chi connectivity index (χ1v) is 12.2. The monoisotopic (exact) mass is 488 g/mol. The molecule has 0 aromatic heterocycles. The molecule has 2 aliphatic rings. The first kappa shape index (κ1) is 25.2. The second kappa shape index (κ2) is 10.0. The second-order valence-corrected chi connectivity index (χ2v) is 10.2. The van der Waals surface area contributed by atoms with Gasteiger partial charge < -0.3 is 15.0 Å². The zero-order chi connectivity index (χ0) is 26.0. The third-order valence-corrected chi connectivity index (χ3v) is 7.10. The Morgan fingerprint density at radius 2 is 1.97 bits per heavy atom. The number of likely N-dealkylation sites (N-methyl/N-ethyl adjacent to an activating group) is 1. The van der Waals surface area contributed by atoms with Crippen LogP contribution in [-0.4, -0.2) is 53.4 Å². The van der Waals surface area contributed by atoms with Gasteiger partial charge in [0.25, 0.3) is 0 Å². The average molecular weight is 489 g/mol. The number of ether oxygens (including phenoxy) is 1. The minimum atomic E-state index is -0.980. The number of hydrogen-bond donors (Lipinski definition) is 1. The minimum absolute atomic E-state index is 0.0911. The number of amides is 3. The Kier molecular flexibility index (Phi) is 7.02. The highest BCUT2D eigenvalue weighted by molar-refractivity contribution is 6.07. The van der Waals surface area contributed by atoms with Gasteiger partial charge in [-0.1, -0.05) is 61.9 Å². The number of anilines is 1. The number of aryl methyl sites for hydroxylation is 1. The van der Waals surface area contributed by atoms with Gasteiger partial charge in [-0.05, 0) is 36.5 Å². The molecule has 3 atom stereocenters. The molecule has 1 unspecified atom stereocenters. The van der Waals surface area contributed by atoms with Gasteiger partial charge in [-0.25, -0.2) is 4.79 Å². The maximum absolute atomic E-state index is 13.9. The Bertz CT molecular complexity index is 1210. The quantitative estimate of drug-likeness (QED) is 0.662. The van der Waals surface area contributed by atoms with Crippen LogP contribution in [0.15, 0.2) is 48.5 Å². The van der Waals surface area contributed by atoms with Crippen molar-refractivity contribution in [2.75, 3.05) is 18.9 Å². The van der Waals surface area contributed by atoms with E-state index in [9.17, 15) is 19.6 Å². The number of fused-ring (bicyclic) bond motifs is 2. The van der Waals surface area contributed by atoms with Gasteiger partial charge in [0, 0.05) is 25.7 Å². The first-order valence-electron chi connectivity index (χ1n) is 12.2. The normalized spacial score (nSPS) is 21.2. The molecule has 2 aromatic carbocycles. The number of hydrogen-bond acceptors (Lipinski definition) is 5. The van der Waals surface area contributed by atoms with Crippen LogP contribution in [0.4, 0.5) is 10.5 Å². The first-order chi connectivity index (χ1) is 17.2. The van der Waals surface area contributed by atoms with Crippen LogP contribution in [0.2, 0.25) is 0 Å². The number of benzene rings is 2. The minimum Gasteiger partial charge on any atom is -0.445 e. The maximum atomic E-state index is 13.9. The van der Waals surface area contributed by atoms with E-state index in [1.54, 1.807) is 7.05 Å². The lowest BCUT2D eigenvalue weighted by Crippen LogP contribution is -2.52. The molecule has 0 aliphatic carbocycles. The number of nitriles is 1. The molecule has 2 aromatic rings. The van der Waals surface area contributed by atoms with Gasteiger partial charge in [0.15, 0.2) is 0 Å². The average Bonchev–Trinajstić information content (AvgIpc) is 3.39. The van der Waals surface area contributed by atoms with Crippen LogP contribution >= 0.6 is 0 Å². The summed E-state index contributed by atoms with van der Waals surface area (Å²) in [5.74, 6) is -0.437. The van der Waals surface area contributed by atoms with Crippen LogP contribution < -0.4 is 5.32 Å². The Morgan fingerprint density at radius 3 is 2.64 bits per heavy atom. The highest BCUT2D eigenvalue weighted by atomic mass is 16.6. The number of nitrogens with zero attached hydrogens (tertiary/aromatic N) is 3. The summed E-state index contributed by atoms with van der Waals surface area (Å²) in [6.07, 6.45) is 0.00721. The zero-order valence-corrected chi connectivity index (χ0v) is 21.2. The van der Waals surface area contributed by atoms with Crippen molar-refractivity contribution in [3.05, 3.63) is 65.2 Å². The molecular weight excluding hydrogens is 456 g/mol. The van der Waals surface area contributed by atoms with E-state index in [0.29, 0.717) is 6.42 Å². The highest BCUT2D eigenvalue weighted by Gasteiger charge is 2.56. The SMILES string of the molecule is Cc1ccc2c(c1)[C@@]1(C[C@@H](C#N)N(C(=O)C(CC(C)C)N(C)C(=O)OCc3ccccc3)C1)C(=O)N2. The summed E-state index contributed by atoms with van der Waals surface area (Å²) in [4.78, 5) is 42.8. The number of carbonyl (C=O) groups excluding carboxylic acids is 3. The van der Waals surface area contributed by atoms with E-state index in [-0.39, 0.29) is 37.3 Å². The molecule has 1 fully saturated rings. The molecule has 3 amide bonds. The Balaban J connectivity index is 1.57. The predicted octanol–water partition coefficient (Wildman–Crippen LogP) is 3.99. The highest BCUT2D eigenvalue weighted by Crippen LogP contribution is 2.47. The number of carbonyl (C=O) groups is 3. The molecule has 0 bridgehead atoms. The van der Waals surface area contributed by atoms with Crippen molar-refractivity contribution in [3.63, 3.8) is 0 Å². The largest absolute Gasteiger partial charge is 0.445 e. The van der Waals surface area contributed by atoms with Gasteiger partial charge in [0.1, 0.15) is 18.7 Å². The molecule has 2 heterocycles. The molecule has 188 valence electrons. The summed E-state index contributed by atoms with van der Waals surface area (Å²) >= 11 is 0. The Hall–Kier alpha value is -3.86. The van der Waals surface area contributed by atoms with Gasteiger partial charge in [0.05, 0.1) is 11.5 Å². The van der Waals surface area contributed by atoms with Gasteiger partial charge in [0.2, 0.25) is 11.8 Å². The number of rotatable bonds is 6. The number of nitrogens with one attached hydrogen (secondary N) is 1. The summed E-state index contributed by atoms with van der Waals surface area (Å²) in [5, 5.41) is 12.9. The van der Waals surface area contributed by atoms with Crippen molar-refractivity contribution >= 4 is 23.6 Å². The molecule has 8 nitrogen and oxygen atoms in total. The number of likely N-dealkylation sites (tertiary alicyclic amines) is 1. The van der Waals surface area contributed by atoms with Gasteiger partial charge in [-0.3, -0.25) is 14.5 Å². The van der Waals surface area contributed by atoms with Crippen molar-refractivity contribution < 1.29 is 19.1 Å². The molecule has 36 heavy (non-hydrogen) atoms. The van der Waals surface area contributed by atoms with E-state index < -0.39 is 23.6 Å². The van der Waals surface area contributed by atoms with E-state index in [1.807, 2.05) is 69.3 Å². The van der Waals surface area contributed by atoms with Crippen LogP contribution in [0.5, 0.6) is 0 Å². The Labute approximate surface area is 211 Å². The fourth-order valence-electron chi connectivity index (χ4n) is 5.15. The third-order valence-electron chi connectivity index (χ3n) is 7.10. The molecule has 1 saturated heterocycles. The van der Waals surface area contributed by atoms with Crippen molar-refractivity contribution in [1.29, 1.82) is 5.26 Å². The molecule has 2 aliphatic heterocycles. The van der Waals surface area contributed by atoms with E-state index in [0.717, 1.165) is 22.4 Å². The summed E-state index contributed by atoms with van der Waals surface area (Å²) < 4.78 is 5.48. The lowest BCUT2D eigenvalue weighted by atomic mass is 9.79. The maximum Gasteiger partial charge on any atom is 0.410 e. The third kappa shape index (κ3) is 4.66. The molecule has 0 saturated carbocycles. The molecular formula is C28H32N4O4. The van der Waals surface area contributed by atoms with Crippen LogP contribution in [0, 0.1) is 24.2 Å². The summed E-state index contributed by atoms with van der Waals surface area (Å²) in [5.41, 5.74) is 2.40. The lowest BCUT2D eigenvalue weighted by Gasteiger charge is -2.32. The zero-order valence-electron chi connectivity index (χ0n) is 21.2. The van der Waals surface area contributed by atoms with Crippen molar-refractivity contribution in [1.82, 2.24) is 9.80 Å². The smallest absolute Gasteiger partial charge is 0.410 e. The van der Waals surface area contributed by atoms with Crippen LogP contribution in [-0.2, 0) is 26.3 Å². The molecule has 4 rings (SSSR count).